The Kier molecular flexibility index (Phi) is 8.88. The van der Waals surface area contributed by atoms with Gasteiger partial charge in [-0.05, 0) is 43.2 Å². The van der Waals surface area contributed by atoms with Crippen LogP contribution in [0.25, 0.3) is 0 Å². The number of amides is 3. The first kappa shape index (κ1) is 27.7. The molecule has 3 aromatic carbocycles. The van der Waals surface area contributed by atoms with Crippen molar-refractivity contribution in [2.24, 2.45) is 0 Å². The molecule has 3 amide bonds. The summed E-state index contributed by atoms with van der Waals surface area (Å²) in [5, 5.41) is 12.9. The van der Waals surface area contributed by atoms with E-state index in [0.29, 0.717) is 24.1 Å². The lowest BCUT2D eigenvalue weighted by Gasteiger charge is -2.33. The van der Waals surface area contributed by atoms with Gasteiger partial charge < -0.3 is 15.3 Å². The predicted molar refractivity (Wildman–Crippen MR) is 148 cm³/mol. The van der Waals surface area contributed by atoms with E-state index in [0.717, 1.165) is 5.56 Å². The highest BCUT2D eigenvalue weighted by atomic mass is 16.4. The molecule has 4 rings (SSSR count). The van der Waals surface area contributed by atoms with Crippen molar-refractivity contribution in [3.63, 3.8) is 0 Å². The third-order valence-corrected chi connectivity index (χ3v) is 7.48. The molecule has 3 atom stereocenters. The van der Waals surface area contributed by atoms with Crippen molar-refractivity contribution in [1.82, 2.24) is 5.32 Å². The number of para-hydroxylation sites is 1. The van der Waals surface area contributed by atoms with Crippen LogP contribution in [0.4, 0.5) is 10.5 Å². The van der Waals surface area contributed by atoms with Gasteiger partial charge in [-0.2, -0.15) is 9.28 Å². The number of carbonyl (C=O) groups is 4. The molecule has 2 unspecified atom stereocenters. The molecule has 39 heavy (non-hydrogen) atoms. The highest BCUT2D eigenvalue weighted by Gasteiger charge is 2.53. The normalized spacial score (nSPS) is 19.2. The van der Waals surface area contributed by atoms with Gasteiger partial charge in [-0.1, -0.05) is 66.7 Å². The maximum atomic E-state index is 13.8. The SMILES string of the molecule is CC1CCC[N@@+]1(C(=O)O)C(=O)CN(CC(=O)C(Cc1ccccc1)NC(=O)c1ccccc1)c1ccccc1. The van der Waals surface area contributed by atoms with Gasteiger partial charge in [0.1, 0.15) is 12.6 Å². The molecule has 1 heterocycles. The summed E-state index contributed by atoms with van der Waals surface area (Å²) in [6.45, 7) is 1.61. The van der Waals surface area contributed by atoms with Gasteiger partial charge in [0, 0.05) is 24.1 Å². The number of benzene rings is 3. The molecule has 0 aromatic heterocycles. The Balaban J connectivity index is 1.60. The fraction of sp³-hybridized carbons (Fsp3) is 0.290. The van der Waals surface area contributed by atoms with E-state index in [1.165, 1.54) is 0 Å². The van der Waals surface area contributed by atoms with E-state index in [1.807, 2.05) is 42.5 Å². The number of carbonyl (C=O) groups excluding carboxylic acids is 3. The number of likely N-dealkylation sites (tertiary alicyclic amines) is 1. The first-order valence-electron chi connectivity index (χ1n) is 13.2. The van der Waals surface area contributed by atoms with Crippen LogP contribution in [0.3, 0.4) is 0 Å². The Labute approximate surface area is 228 Å². The van der Waals surface area contributed by atoms with E-state index in [2.05, 4.69) is 5.32 Å². The number of rotatable bonds is 10. The molecule has 202 valence electrons. The van der Waals surface area contributed by atoms with Crippen LogP contribution in [0.1, 0.15) is 35.7 Å². The van der Waals surface area contributed by atoms with Gasteiger partial charge in [-0.3, -0.25) is 9.59 Å². The summed E-state index contributed by atoms with van der Waals surface area (Å²) in [6.07, 6.45) is 0.406. The minimum Gasteiger partial charge on any atom is -0.435 e. The Bertz CT molecular complexity index is 1300. The minimum absolute atomic E-state index is 0.170. The second-order valence-corrected chi connectivity index (χ2v) is 10.00. The number of Topliss-reactive ketones (excluding diaryl/α,β-unsaturated/α-hetero) is 1. The van der Waals surface area contributed by atoms with Crippen molar-refractivity contribution in [2.75, 3.05) is 24.5 Å². The lowest BCUT2D eigenvalue weighted by atomic mass is 10.0. The van der Waals surface area contributed by atoms with E-state index < -0.39 is 22.5 Å². The topological polar surface area (TPSA) is 104 Å². The number of nitrogens with zero attached hydrogens (tertiary/aromatic N) is 2. The Morgan fingerprint density at radius 2 is 1.49 bits per heavy atom. The third kappa shape index (κ3) is 6.41. The first-order valence-corrected chi connectivity index (χ1v) is 13.2. The molecule has 0 radical (unpaired) electrons. The lowest BCUT2D eigenvalue weighted by Crippen LogP contribution is -2.61. The summed E-state index contributed by atoms with van der Waals surface area (Å²) in [7, 11) is 0. The van der Waals surface area contributed by atoms with Crippen LogP contribution < -0.4 is 10.2 Å². The van der Waals surface area contributed by atoms with Gasteiger partial charge in [0.25, 0.3) is 5.91 Å². The monoisotopic (exact) mass is 528 g/mol. The quantitative estimate of drug-likeness (QED) is 0.380. The maximum absolute atomic E-state index is 13.8. The number of hydrogen-bond acceptors (Lipinski definition) is 5. The van der Waals surface area contributed by atoms with Crippen molar-refractivity contribution >= 4 is 29.4 Å². The maximum Gasteiger partial charge on any atom is 0.521 e. The number of quaternary nitrogens is 1. The predicted octanol–water partition coefficient (Wildman–Crippen LogP) is 4.31. The lowest BCUT2D eigenvalue weighted by molar-refractivity contribution is -0.791. The van der Waals surface area contributed by atoms with Crippen molar-refractivity contribution in [2.45, 2.75) is 38.3 Å². The van der Waals surface area contributed by atoms with Gasteiger partial charge in [0.15, 0.2) is 5.78 Å². The fourth-order valence-corrected chi connectivity index (χ4v) is 5.23. The molecule has 1 aliphatic heterocycles. The average molecular weight is 529 g/mol. The summed E-state index contributed by atoms with van der Waals surface area (Å²) >= 11 is 0. The summed E-state index contributed by atoms with van der Waals surface area (Å²) < 4.78 is -0.643. The molecule has 0 bridgehead atoms. The molecule has 1 saturated heterocycles. The van der Waals surface area contributed by atoms with E-state index in [4.69, 9.17) is 0 Å². The molecule has 1 aliphatic rings. The molecular weight excluding hydrogens is 494 g/mol. The molecule has 0 aliphatic carbocycles. The van der Waals surface area contributed by atoms with E-state index in [-0.39, 0.29) is 43.8 Å². The molecule has 0 saturated carbocycles. The zero-order valence-electron chi connectivity index (χ0n) is 22.0. The fourth-order valence-electron chi connectivity index (χ4n) is 5.23. The number of ketones is 1. The number of anilines is 1. The summed E-state index contributed by atoms with van der Waals surface area (Å²) in [5.41, 5.74) is 1.95. The third-order valence-electron chi connectivity index (χ3n) is 7.48. The van der Waals surface area contributed by atoms with Crippen molar-refractivity contribution in [3.05, 3.63) is 102 Å². The molecule has 1 fully saturated rings. The molecule has 2 N–H and O–H groups in total. The Morgan fingerprint density at radius 3 is 2.05 bits per heavy atom. The molecule has 0 spiro atoms. The van der Waals surface area contributed by atoms with E-state index >= 15 is 0 Å². The largest absolute Gasteiger partial charge is 0.521 e. The van der Waals surface area contributed by atoms with Gasteiger partial charge in [0.05, 0.1) is 19.1 Å². The first-order chi connectivity index (χ1) is 18.8. The van der Waals surface area contributed by atoms with Crippen LogP contribution in [0.5, 0.6) is 0 Å². The highest BCUT2D eigenvalue weighted by molar-refractivity contribution is 5.99. The van der Waals surface area contributed by atoms with Crippen LogP contribution in [-0.4, -0.2) is 65.0 Å². The zero-order valence-corrected chi connectivity index (χ0v) is 22.0. The standard InChI is InChI=1S/C31H33N3O5/c1-23-12-11-19-34(23,31(38)39)29(36)22-33(26-17-9-4-10-18-26)21-28(35)27(20-24-13-5-2-6-14-24)32-30(37)25-15-7-3-8-16-25/h2-10,13-18,23,27H,11-12,19-22H2,1H3,(H-,32,37,38,39)/p+1/t23?,27?,34-/m0/s1. The molecular formula is C31H34N3O5+. The highest BCUT2D eigenvalue weighted by Crippen LogP contribution is 2.29. The summed E-state index contributed by atoms with van der Waals surface area (Å²) in [4.78, 5) is 54.3. The van der Waals surface area contributed by atoms with Crippen molar-refractivity contribution in [3.8, 4) is 0 Å². The van der Waals surface area contributed by atoms with E-state index in [1.54, 1.807) is 60.4 Å². The van der Waals surface area contributed by atoms with E-state index in [9.17, 15) is 24.3 Å². The van der Waals surface area contributed by atoms with Gasteiger partial charge >= 0.3 is 12.0 Å². The molecule has 8 nitrogen and oxygen atoms in total. The van der Waals surface area contributed by atoms with Crippen LogP contribution >= 0.6 is 0 Å². The number of hydrogen-bond donors (Lipinski definition) is 2. The second kappa shape index (κ2) is 12.5. The molecule has 3 aromatic rings. The number of carboxylic acid groups (broad SMARTS) is 1. The van der Waals surface area contributed by atoms with Crippen LogP contribution in [-0.2, 0) is 16.0 Å². The Morgan fingerprint density at radius 1 is 0.897 bits per heavy atom. The zero-order chi connectivity index (χ0) is 27.8. The summed E-state index contributed by atoms with van der Waals surface area (Å²) in [6, 6.07) is 25.9. The Hall–Kier alpha value is -4.30. The van der Waals surface area contributed by atoms with Crippen LogP contribution in [0.2, 0.25) is 0 Å². The summed E-state index contributed by atoms with van der Waals surface area (Å²) in [5.74, 6) is -1.11. The van der Waals surface area contributed by atoms with Crippen molar-refractivity contribution < 1.29 is 28.8 Å². The van der Waals surface area contributed by atoms with Gasteiger partial charge in [-0.25, -0.2) is 4.79 Å². The number of imide groups is 1. The van der Waals surface area contributed by atoms with Crippen molar-refractivity contribution in [1.29, 1.82) is 0 Å². The second-order valence-electron chi connectivity index (χ2n) is 10.00. The van der Waals surface area contributed by atoms with Gasteiger partial charge in [-0.15, -0.1) is 0 Å². The number of nitrogens with one attached hydrogen (secondary N) is 1. The minimum atomic E-state index is -1.17. The van der Waals surface area contributed by atoms with Gasteiger partial charge in [0.2, 0.25) is 0 Å². The molecule has 8 heteroatoms. The smallest absolute Gasteiger partial charge is 0.435 e. The van der Waals surface area contributed by atoms with Crippen LogP contribution in [0.15, 0.2) is 91.0 Å². The van der Waals surface area contributed by atoms with Crippen LogP contribution in [0, 0.1) is 0 Å². The average Bonchev–Trinajstić information content (AvgIpc) is 3.36.